The van der Waals surface area contributed by atoms with Crippen molar-refractivity contribution in [1.29, 1.82) is 0 Å². The largest absolute Gasteiger partial charge is 0.243 e. The summed E-state index contributed by atoms with van der Waals surface area (Å²) in [6.07, 6.45) is 4.05. The van der Waals surface area contributed by atoms with Crippen LogP contribution in [0.15, 0.2) is 12.5 Å². The van der Waals surface area contributed by atoms with Crippen molar-refractivity contribution in [2.75, 3.05) is 0 Å². The standard InChI is InChI=1S/C9H13ClN2/c1-9(2,3)4-8-7(10)5-11-6-12-8/h5-6H,4H2,1-3H3. The van der Waals surface area contributed by atoms with Crippen LogP contribution in [0.25, 0.3) is 0 Å². The van der Waals surface area contributed by atoms with Gasteiger partial charge in [-0.25, -0.2) is 9.97 Å². The lowest BCUT2D eigenvalue weighted by Crippen LogP contribution is -2.10. The molecule has 0 aliphatic rings. The number of nitrogens with zero attached hydrogens (tertiary/aromatic N) is 2. The minimum absolute atomic E-state index is 0.220. The first-order chi connectivity index (χ1) is 5.49. The molecular formula is C9H13ClN2. The third kappa shape index (κ3) is 2.78. The first kappa shape index (κ1) is 9.46. The Balaban J connectivity index is 2.83. The first-order valence-electron chi connectivity index (χ1n) is 3.93. The van der Waals surface area contributed by atoms with Crippen molar-refractivity contribution in [2.24, 2.45) is 5.41 Å². The zero-order valence-electron chi connectivity index (χ0n) is 7.63. The maximum Gasteiger partial charge on any atom is 0.115 e. The second kappa shape index (κ2) is 3.40. The monoisotopic (exact) mass is 184 g/mol. The molecule has 0 bridgehead atoms. The van der Waals surface area contributed by atoms with Crippen LogP contribution in [0.3, 0.4) is 0 Å². The van der Waals surface area contributed by atoms with Crippen LogP contribution in [-0.2, 0) is 6.42 Å². The molecule has 1 aromatic rings. The van der Waals surface area contributed by atoms with E-state index in [1.807, 2.05) is 0 Å². The van der Waals surface area contributed by atoms with Gasteiger partial charge < -0.3 is 0 Å². The summed E-state index contributed by atoms with van der Waals surface area (Å²) >= 11 is 5.91. The molecule has 0 amide bonds. The quantitative estimate of drug-likeness (QED) is 0.671. The van der Waals surface area contributed by atoms with Crippen molar-refractivity contribution < 1.29 is 0 Å². The van der Waals surface area contributed by atoms with Gasteiger partial charge in [0.25, 0.3) is 0 Å². The molecule has 0 spiro atoms. The summed E-state index contributed by atoms with van der Waals surface area (Å²) < 4.78 is 0. The Morgan fingerprint density at radius 1 is 1.42 bits per heavy atom. The van der Waals surface area contributed by atoms with Crippen molar-refractivity contribution in [3.05, 3.63) is 23.2 Å². The van der Waals surface area contributed by atoms with Crippen LogP contribution in [0, 0.1) is 5.41 Å². The van der Waals surface area contributed by atoms with Gasteiger partial charge >= 0.3 is 0 Å². The minimum Gasteiger partial charge on any atom is -0.243 e. The molecule has 0 aromatic carbocycles. The number of rotatable bonds is 1. The van der Waals surface area contributed by atoms with E-state index in [-0.39, 0.29) is 5.41 Å². The van der Waals surface area contributed by atoms with E-state index < -0.39 is 0 Å². The molecule has 0 atom stereocenters. The SMILES string of the molecule is CC(C)(C)Cc1ncncc1Cl. The molecule has 12 heavy (non-hydrogen) atoms. The van der Waals surface area contributed by atoms with Crippen LogP contribution in [0.2, 0.25) is 5.02 Å². The Bertz CT molecular complexity index is 265. The van der Waals surface area contributed by atoms with E-state index in [9.17, 15) is 0 Å². The first-order valence-corrected chi connectivity index (χ1v) is 4.31. The summed E-state index contributed by atoms with van der Waals surface area (Å²) in [6, 6.07) is 0. The molecule has 1 aromatic heterocycles. The lowest BCUT2D eigenvalue weighted by molar-refractivity contribution is 0.406. The Labute approximate surface area is 78.0 Å². The average molecular weight is 185 g/mol. The third-order valence-electron chi connectivity index (χ3n) is 1.44. The predicted octanol–water partition coefficient (Wildman–Crippen LogP) is 2.72. The maximum absolute atomic E-state index is 5.91. The van der Waals surface area contributed by atoms with Gasteiger partial charge in [-0.1, -0.05) is 32.4 Å². The molecule has 1 rings (SSSR count). The highest BCUT2D eigenvalue weighted by Gasteiger charge is 2.14. The zero-order chi connectivity index (χ0) is 9.19. The van der Waals surface area contributed by atoms with Crippen molar-refractivity contribution >= 4 is 11.6 Å². The van der Waals surface area contributed by atoms with Crippen LogP contribution in [0.4, 0.5) is 0 Å². The Kier molecular flexibility index (Phi) is 2.68. The van der Waals surface area contributed by atoms with Gasteiger partial charge in [-0.15, -0.1) is 0 Å². The molecular weight excluding hydrogens is 172 g/mol. The van der Waals surface area contributed by atoms with Gasteiger partial charge in [0, 0.05) is 6.20 Å². The number of halogens is 1. The summed E-state index contributed by atoms with van der Waals surface area (Å²) in [7, 11) is 0. The highest BCUT2D eigenvalue weighted by molar-refractivity contribution is 6.31. The van der Waals surface area contributed by atoms with Crippen LogP contribution < -0.4 is 0 Å². The van der Waals surface area contributed by atoms with Crippen LogP contribution in [0.1, 0.15) is 26.5 Å². The van der Waals surface area contributed by atoms with E-state index in [2.05, 4.69) is 30.7 Å². The second-order valence-corrected chi connectivity index (χ2v) is 4.46. The molecule has 0 aliphatic heterocycles. The van der Waals surface area contributed by atoms with Gasteiger partial charge in [0.15, 0.2) is 0 Å². The normalized spacial score (nSPS) is 11.7. The molecule has 2 nitrogen and oxygen atoms in total. The zero-order valence-corrected chi connectivity index (χ0v) is 8.39. The van der Waals surface area contributed by atoms with Crippen molar-refractivity contribution in [2.45, 2.75) is 27.2 Å². The fourth-order valence-electron chi connectivity index (χ4n) is 0.970. The molecule has 66 valence electrons. The molecule has 0 N–H and O–H groups in total. The fraction of sp³-hybridized carbons (Fsp3) is 0.556. The topological polar surface area (TPSA) is 25.8 Å². The summed E-state index contributed by atoms with van der Waals surface area (Å²) in [4.78, 5) is 7.95. The highest BCUT2D eigenvalue weighted by Crippen LogP contribution is 2.22. The van der Waals surface area contributed by atoms with Crippen molar-refractivity contribution in [3.63, 3.8) is 0 Å². The van der Waals surface area contributed by atoms with E-state index in [0.29, 0.717) is 5.02 Å². The number of hydrogen-bond donors (Lipinski definition) is 0. The highest BCUT2D eigenvalue weighted by atomic mass is 35.5. The molecule has 1 heterocycles. The van der Waals surface area contributed by atoms with Gasteiger partial charge in [0.1, 0.15) is 6.33 Å². The van der Waals surface area contributed by atoms with Gasteiger partial charge in [-0.05, 0) is 11.8 Å². The van der Waals surface area contributed by atoms with Gasteiger partial charge in [-0.2, -0.15) is 0 Å². The lowest BCUT2D eigenvalue weighted by Gasteiger charge is -2.17. The van der Waals surface area contributed by atoms with Crippen molar-refractivity contribution in [3.8, 4) is 0 Å². The van der Waals surface area contributed by atoms with Crippen LogP contribution in [-0.4, -0.2) is 9.97 Å². The molecule has 3 heteroatoms. The second-order valence-electron chi connectivity index (χ2n) is 4.05. The van der Waals surface area contributed by atoms with E-state index in [1.165, 1.54) is 6.33 Å². The molecule has 0 saturated heterocycles. The van der Waals surface area contributed by atoms with E-state index in [0.717, 1.165) is 12.1 Å². The molecule has 0 radical (unpaired) electrons. The smallest absolute Gasteiger partial charge is 0.115 e. The average Bonchev–Trinajstić information content (AvgIpc) is 1.91. The lowest BCUT2D eigenvalue weighted by atomic mass is 9.90. The Morgan fingerprint density at radius 2 is 2.08 bits per heavy atom. The van der Waals surface area contributed by atoms with Crippen molar-refractivity contribution in [1.82, 2.24) is 9.97 Å². The Hall–Kier alpha value is -0.630. The Morgan fingerprint density at radius 3 is 2.58 bits per heavy atom. The van der Waals surface area contributed by atoms with Gasteiger partial charge in [0.2, 0.25) is 0 Å². The fourth-order valence-corrected chi connectivity index (χ4v) is 1.14. The molecule has 0 unspecified atom stereocenters. The number of hydrogen-bond acceptors (Lipinski definition) is 2. The molecule has 0 aliphatic carbocycles. The summed E-state index contributed by atoms with van der Waals surface area (Å²) in [5.41, 5.74) is 1.15. The van der Waals surface area contributed by atoms with Crippen LogP contribution >= 0.6 is 11.6 Å². The summed E-state index contributed by atoms with van der Waals surface area (Å²) in [6.45, 7) is 6.47. The third-order valence-corrected chi connectivity index (χ3v) is 1.76. The predicted molar refractivity (Wildman–Crippen MR) is 50.2 cm³/mol. The van der Waals surface area contributed by atoms with E-state index in [1.54, 1.807) is 6.20 Å². The van der Waals surface area contributed by atoms with E-state index in [4.69, 9.17) is 11.6 Å². The molecule has 0 saturated carbocycles. The van der Waals surface area contributed by atoms with Gasteiger partial charge in [0.05, 0.1) is 10.7 Å². The van der Waals surface area contributed by atoms with E-state index >= 15 is 0 Å². The summed E-state index contributed by atoms with van der Waals surface area (Å²) in [5, 5.41) is 0.660. The number of aromatic nitrogens is 2. The van der Waals surface area contributed by atoms with Crippen LogP contribution in [0.5, 0.6) is 0 Å². The maximum atomic E-state index is 5.91. The van der Waals surface area contributed by atoms with Gasteiger partial charge in [-0.3, -0.25) is 0 Å². The molecule has 0 fully saturated rings. The summed E-state index contributed by atoms with van der Waals surface area (Å²) in [5.74, 6) is 0. The minimum atomic E-state index is 0.220.